The highest BCUT2D eigenvalue weighted by Crippen LogP contribution is 2.44. The second-order valence-electron chi connectivity index (χ2n) is 10.0. The van der Waals surface area contributed by atoms with Crippen LogP contribution in [0.3, 0.4) is 0 Å². The van der Waals surface area contributed by atoms with Crippen molar-refractivity contribution < 1.29 is 9.47 Å². The normalized spacial score (nSPS) is 18.4. The van der Waals surface area contributed by atoms with Crippen LogP contribution in [-0.4, -0.2) is 32.6 Å². The SMILES string of the molecule is CCC[CH2][Al-]([CH2]C(C)C)([CH2]C(C)C)/[C](=C/COC1CCCCO1)Sc1ccccc1. The molecule has 0 spiro atoms. The fourth-order valence-corrected chi connectivity index (χ4v) is 15.1. The summed E-state index contributed by atoms with van der Waals surface area (Å²) in [6.45, 7) is 13.5. The van der Waals surface area contributed by atoms with Crippen LogP contribution < -0.4 is 0 Å². The van der Waals surface area contributed by atoms with Crippen LogP contribution in [-0.2, 0) is 9.47 Å². The Morgan fingerprint density at radius 2 is 1.83 bits per heavy atom. The van der Waals surface area contributed by atoms with Gasteiger partial charge < -0.3 is 9.47 Å². The first-order valence-corrected chi connectivity index (χ1v) is 16.2. The highest BCUT2D eigenvalue weighted by Gasteiger charge is 2.34. The van der Waals surface area contributed by atoms with Crippen molar-refractivity contribution in [3.63, 3.8) is 0 Å². The van der Waals surface area contributed by atoms with Gasteiger partial charge in [0.25, 0.3) is 0 Å². The summed E-state index contributed by atoms with van der Waals surface area (Å²) in [6, 6.07) is 11.0. The van der Waals surface area contributed by atoms with E-state index in [2.05, 4.69) is 71.0 Å². The van der Waals surface area contributed by atoms with Crippen LogP contribution in [0.4, 0.5) is 0 Å². The third kappa shape index (κ3) is 9.09. The molecular weight excluding hydrogens is 403 g/mol. The lowest BCUT2D eigenvalue weighted by molar-refractivity contribution is -0.155. The van der Waals surface area contributed by atoms with Gasteiger partial charge in [-0.3, -0.25) is 0 Å². The van der Waals surface area contributed by atoms with Crippen molar-refractivity contribution in [2.75, 3.05) is 13.2 Å². The van der Waals surface area contributed by atoms with E-state index in [0.717, 1.165) is 24.9 Å². The molecule has 4 heteroatoms. The van der Waals surface area contributed by atoms with Gasteiger partial charge in [0.1, 0.15) is 0 Å². The molecule has 1 aliphatic heterocycles. The van der Waals surface area contributed by atoms with Crippen molar-refractivity contribution in [3.05, 3.63) is 40.2 Å². The van der Waals surface area contributed by atoms with E-state index in [1.807, 2.05) is 11.8 Å². The van der Waals surface area contributed by atoms with Crippen LogP contribution in [0.1, 0.15) is 66.7 Å². The molecule has 0 saturated carbocycles. The third-order valence-electron chi connectivity index (χ3n) is 6.24. The monoisotopic (exact) mass is 447 g/mol. The van der Waals surface area contributed by atoms with E-state index in [1.165, 1.54) is 46.4 Å². The fourth-order valence-electron chi connectivity index (χ4n) is 5.23. The molecule has 0 amide bonds. The Bertz CT molecular complexity index is 599. The Morgan fingerprint density at radius 1 is 1.13 bits per heavy atom. The number of ether oxygens (including phenoxy) is 2. The maximum atomic E-state index is 6.18. The lowest BCUT2D eigenvalue weighted by atomic mass is 10.2. The van der Waals surface area contributed by atoms with Gasteiger partial charge >= 0.3 is 0 Å². The van der Waals surface area contributed by atoms with E-state index < -0.39 is 13.1 Å². The molecule has 1 aliphatic rings. The molecule has 0 N–H and O–H groups in total. The first-order chi connectivity index (χ1) is 14.4. The Kier molecular flexibility index (Phi) is 12.2. The second kappa shape index (κ2) is 14.0. The van der Waals surface area contributed by atoms with Gasteiger partial charge in [-0.1, -0.05) is 83.6 Å². The zero-order valence-corrected chi connectivity index (χ0v) is 22.0. The Balaban J connectivity index is 2.31. The number of hydrogen-bond acceptors (Lipinski definition) is 3. The average Bonchev–Trinajstić information content (AvgIpc) is 2.72. The molecule has 1 aromatic carbocycles. The van der Waals surface area contributed by atoms with Gasteiger partial charge in [-0.15, -0.1) is 11.8 Å². The van der Waals surface area contributed by atoms with Crippen molar-refractivity contribution in [1.82, 2.24) is 0 Å². The topological polar surface area (TPSA) is 18.5 Å². The molecular formula is C26H44AlO2S-. The molecule has 2 nitrogen and oxygen atoms in total. The Labute approximate surface area is 192 Å². The molecule has 1 aromatic rings. The van der Waals surface area contributed by atoms with Gasteiger partial charge in [0.15, 0.2) is 19.4 Å². The molecule has 0 aliphatic carbocycles. The molecule has 1 heterocycles. The first kappa shape index (κ1) is 26.0. The van der Waals surface area contributed by atoms with Crippen LogP contribution in [0.2, 0.25) is 15.8 Å². The minimum absolute atomic E-state index is 0.0109. The minimum Gasteiger partial charge on any atom is -0.353 e. The molecule has 1 atom stereocenters. The van der Waals surface area contributed by atoms with Gasteiger partial charge in [-0.2, -0.15) is 19.6 Å². The number of unbranched alkanes of at least 4 members (excludes halogenated alkanes) is 1. The zero-order chi connectivity index (χ0) is 21.8. The lowest BCUT2D eigenvalue weighted by Gasteiger charge is -2.42. The highest BCUT2D eigenvalue weighted by atomic mass is 32.2. The summed E-state index contributed by atoms with van der Waals surface area (Å²) in [5, 5.41) is 4.22. The van der Waals surface area contributed by atoms with E-state index >= 15 is 0 Å². The maximum Gasteiger partial charge on any atom is 0.177 e. The van der Waals surface area contributed by atoms with Crippen molar-refractivity contribution in [2.45, 2.75) is 93.8 Å². The van der Waals surface area contributed by atoms with E-state index in [0.29, 0.717) is 6.61 Å². The standard InChI is InChI=1S/C14H17O2S.3C4H9.Al/c1-2-7-13(8-3-1)17-12-6-11-16-14-9-4-5-10-15-14;2*1-4(2)3;1-3-4-2;/h1-3,6-8,14H,4-5,9-11H2;2*4H,1H2,2-3H3;1,3-4H2,2H3;/q;;;;-1. The minimum atomic E-state index is -2.01. The van der Waals surface area contributed by atoms with Crippen LogP contribution in [0.25, 0.3) is 0 Å². The van der Waals surface area contributed by atoms with Crippen molar-refractivity contribution in [3.8, 4) is 0 Å². The number of benzene rings is 1. The number of thioether (sulfide) groups is 1. The van der Waals surface area contributed by atoms with E-state index in [1.54, 1.807) is 3.77 Å². The van der Waals surface area contributed by atoms with Gasteiger partial charge in [0.05, 0.1) is 6.61 Å². The van der Waals surface area contributed by atoms with E-state index in [-0.39, 0.29) is 6.29 Å². The first-order valence-electron chi connectivity index (χ1n) is 12.3. The lowest BCUT2D eigenvalue weighted by Crippen LogP contribution is -2.39. The van der Waals surface area contributed by atoms with E-state index in [9.17, 15) is 0 Å². The Morgan fingerprint density at radius 3 is 2.40 bits per heavy atom. The van der Waals surface area contributed by atoms with Crippen molar-refractivity contribution in [1.29, 1.82) is 0 Å². The van der Waals surface area contributed by atoms with Crippen LogP contribution in [0, 0.1) is 11.8 Å². The molecule has 0 radical (unpaired) electrons. The predicted molar refractivity (Wildman–Crippen MR) is 135 cm³/mol. The van der Waals surface area contributed by atoms with Gasteiger partial charge in [0.2, 0.25) is 0 Å². The zero-order valence-electron chi connectivity index (χ0n) is 20.1. The average molecular weight is 448 g/mol. The molecule has 2 rings (SSSR count). The largest absolute Gasteiger partial charge is 0.353 e. The fraction of sp³-hybridized carbons (Fsp3) is 0.692. The molecule has 0 bridgehead atoms. The van der Waals surface area contributed by atoms with Crippen LogP contribution in [0.15, 0.2) is 45.1 Å². The highest BCUT2D eigenvalue weighted by molar-refractivity contribution is 8.05. The number of rotatable bonds is 13. The predicted octanol–water partition coefficient (Wildman–Crippen LogP) is 8.31. The molecule has 0 aromatic heterocycles. The quantitative estimate of drug-likeness (QED) is 0.224. The summed E-state index contributed by atoms with van der Waals surface area (Å²) >= 11 is 0.0215. The Hall–Kier alpha value is -0.238. The van der Waals surface area contributed by atoms with Crippen LogP contribution in [0.5, 0.6) is 0 Å². The van der Waals surface area contributed by atoms with Crippen molar-refractivity contribution in [2.24, 2.45) is 11.8 Å². The van der Waals surface area contributed by atoms with Gasteiger partial charge in [-0.05, 0) is 31.4 Å². The van der Waals surface area contributed by atoms with Gasteiger partial charge in [-0.25, -0.2) is 0 Å². The second-order valence-corrected chi connectivity index (χ2v) is 16.7. The summed E-state index contributed by atoms with van der Waals surface area (Å²) in [5.41, 5.74) is 0. The third-order valence-corrected chi connectivity index (χ3v) is 15.7. The summed E-state index contributed by atoms with van der Waals surface area (Å²) in [6.07, 6.45) is 8.51. The van der Waals surface area contributed by atoms with E-state index in [4.69, 9.17) is 9.47 Å². The summed E-state index contributed by atoms with van der Waals surface area (Å²) in [4.78, 5) is 1.37. The van der Waals surface area contributed by atoms with Crippen LogP contribution >= 0.6 is 11.8 Å². The molecule has 1 fully saturated rings. The van der Waals surface area contributed by atoms with Crippen molar-refractivity contribution >= 4 is 24.8 Å². The molecule has 1 saturated heterocycles. The maximum absolute atomic E-state index is 6.18. The summed E-state index contributed by atoms with van der Waals surface area (Å²) in [5.74, 6) is 1.49. The summed E-state index contributed by atoms with van der Waals surface area (Å²) in [7, 11) is 0. The summed E-state index contributed by atoms with van der Waals surface area (Å²) < 4.78 is 13.7. The molecule has 170 valence electrons. The molecule has 30 heavy (non-hydrogen) atoms. The van der Waals surface area contributed by atoms with Gasteiger partial charge in [0, 0.05) is 11.5 Å². The molecule has 1 unspecified atom stereocenters. The smallest absolute Gasteiger partial charge is 0.177 e. The number of hydrogen-bond donors (Lipinski definition) is 0.